The first-order chi connectivity index (χ1) is 9.42. The molecule has 3 nitrogen and oxygen atoms in total. The maximum Gasteiger partial charge on any atom is 0.221 e. The Hall–Kier alpha value is -0.740. The number of likely N-dealkylation sites (tertiary alicyclic amines) is 1. The number of piperidine rings is 1. The predicted molar refractivity (Wildman–Crippen MR) is 88.3 cm³/mol. The molecule has 1 aliphatic heterocycles. The van der Waals surface area contributed by atoms with Crippen LogP contribution < -0.4 is 5.32 Å². The summed E-state index contributed by atoms with van der Waals surface area (Å²) in [6.45, 7) is 15.4. The van der Waals surface area contributed by atoms with Gasteiger partial charge in [0.1, 0.15) is 0 Å². The van der Waals surface area contributed by atoms with Gasteiger partial charge < -0.3 is 5.32 Å². The Morgan fingerprint density at radius 3 is 2.50 bits per heavy atom. The van der Waals surface area contributed by atoms with E-state index in [1.165, 1.54) is 37.8 Å². The molecule has 0 atom stereocenters. The first-order valence-electron chi connectivity index (χ1n) is 7.44. The number of hydrogen-bond acceptors (Lipinski definition) is 3. The Balaban J connectivity index is 2.39. The van der Waals surface area contributed by atoms with Crippen LogP contribution in [-0.2, 0) is 4.79 Å². The van der Waals surface area contributed by atoms with Crippen molar-refractivity contribution >= 4 is 17.7 Å². The highest BCUT2D eigenvalue weighted by molar-refractivity contribution is 8.06. The zero-order valence-electron chi connectivity index (χ0n) is 13.2. The lowest BCUT2D eigenvalue weighted by atomic mass is 9.87. The molecule has 1 amide bonds. The summed E-state index contributed by atoms with van der Waals surface area (Å²) >= 11 is 1.57. The van der Waals surface area contributed by atoms with Crippen LogP contribution in [0.4, 0.5) is 0 Å². The van der Waals surface area contributed by atoms with Gasteiger partial charge in [0.25, 0.3) is 0 Å². The van der Waals surface area contributed by atoms with Crippen molar-refractivity contribution in [1.29, 1.82) is 0 Å². The van der Waals surface area contributed by atoms with E-state index >= 15 is 0 Å². The quantitative estimate of drug-likeness (QED) is 0.813. The van der Waals surface area contributed by atoms with Crippen LogP contribution in [0.2, 0.25) is 0 Å². The van der Waals surface area contributed by atoms with E-state index < -0.39 is 0 Å². The third kappa shape index (κ3) is 6.14. The molecule has 0 aromatic carbocycles. The van der Waals surface area contributed by atoms with Crippen molar-refractivity contribution in [3.63, 3.8) is 0 Å². The van der Waals surface area contributed by atoms with Gasteiger partial charge in [-0.15, -0.1) is 0 Å². The number of amides is 1. The standard InChI is InChI=1S/C16H28N2OS/c1-6-16(20-14(5)17-13(4)19)11-18-9-7-15(8-10-18)12(2)3/h6,12,15H,5,7-11H2,1-4H3,(H,17,19)/b16-6-. The molecule has 1 N–H and O–H groups in total. The zero-order valence-corrected chi connectivity index (χ0v) is 14.1. The van der Waals surface area contributed by atoms with Gasteiger partial charge in [0, 0.05) is 18.4 Å². The summed E-state index contributed by atoms with van der Waals surface area (Å²) in [5.74, 6) is 1.62. The third-order valence-corrected chi connectivity index (χ3v) is 4.82. The highest BCUT2D eigenvalue weighted by atomic mass is 32.2. The van der Waals surface area contributed by atoms with Crippen LogP contribution >= 0.6 is 11.8 Å². The molecule has 0 aromatic rings. The number of carbonyl (C=O) groups is 1. The summed E-state index contributed by atoms with van der Waals surface area (Å²) in [5, 5.41) is 3.45. The number of thioether (sulfide) groups is 1. The second-order valence-electron chi connectivity index (χ2n) is 5.82. The van der Waals surface area contributed by atoms with Gasteiger partial charge >= 0.3 is 0 Å². The van der Waals surface area contributed by atoms with E-state index in [9.17, 15) is 4.79 Å². The largest absolute Gasteiger partial charge is 0.321 e. The Bertz CT molecular complexity index is 369. The van der Waals surface area contributed by atoms with E-state index in [-0.39, 0.29) is 5.91 Å². The summed E-state index contributed by atoms with van der Waals surface area (Å²) in [6.07, 6.45) is 4.71. The molecule has 1 aliphatic rings. The molecular weight excluding hydrogens is 268 g/mol. The van der Waals surface area contributed by atoms with E-state index in [0.717, 1.165) is 18.4 Å². The number of nitrogens with zero attached hydrogens (tertiary/aromatic N) is 1. The molecule has 1 fully saturated rings. The minimum atomic E-state index is -0.0595. The molecule has 1 heterocycles. The monoisotopic (exact) mass is 296 g/mol. The van der Waals surface area contributed by atoms with Crippen molar-refractivity contribution in [2.24, 2.45) is 11.8 Å². The van der Waals surface area contributed by atoms with Gasteiger partial charge in [-0.2, -0.15) is 0 Å². The van der Waals surface area contributed by atoms with Gasteiger partial charge in [-0.25, -0.2) is 0 Å². The van der Waals surface area contributed by atoms with Crippen molar-refractivity contribution < 1.29 is 4.79 Å². The van der Waals surface area contributed by atoms with Gasteiger partial charge in [0.05, 0.1) is 5.03 Å². The smallest absolute Gasteiger partial charge is 0.221 e. The van der Waals surface area contributed by atoms with E-state index in [4.69, 9.17) is 0 Å². The second kappa shape index (κ2) is 8.53. The highest BCUT2D eigenvalue weighted by Crippen LogP contribution is 2.28. The van der Waals surface area contributed by atoms with Crippen molar-refractivity contribution in [2.45, 2.75) is 40.5 Å². The van der Waals surface area contributed by atoms with Crippen LogP contribution in [0.5, 0.6) is 0 Å². The molecule has 0 spiro atoms. The maximum atomic E-state index is 11.0. The fourth-order valence-corrected chi connectivity index (χ4v) is 3.44. The number of nitrogens with one attached hydrogen (secondary N) is 1. The molecule has 0 aliphatic carbocycles. The summed E-state index contributed by atoms with van der Waals surface area (Å²) < 4.78 is 0. The van der Waals surface area contributed by atoms with Crippen LogP contribution in [0.15, 0.2) is 22.6 Å². The fraction of sp³-hybridized carbons (Fsp3) is 0.688. The van der Waals surface area contributed by atoms with Crippen LogP contribution in [0.25, 0.3) is 0 Å². The van der Waals surface area contributed by atoms with Crippen molar-refractivity contribution in [3.05, 3.63) is 22.6 Å². The molecule has 0 saturated carbocycles. The molecule has 0 radical (unpaired) electrons. The SMILES string of the molecule is C=C(NC(C)=O)S/C(=C\C)CN1CCC(C(C)C)CC1. The zero-order chi connectivity index (χ0) is 15.1. The van der Waals surface area contributed by atoms with Gasteiger partial charge in [0.15, 0.2) is 0 Å². The third-order valence-electron chi connectivity index (χ3n) is 3.85. The Labute approximate surface area is 127 Å². The summed E-state index contributed by atoms with van der Waals surface area (Å²) in [4.78, 5) is 14.8. The first-order valence-corrected chi connectivity index (χ1v) is 8.26. The minimum Gasteiger partial charge on any atom is -0.321 e. The molecule has 4 heteroatoms. The maximum absolute atomic E-state index is 11.0. The normalized spacial score (nSPS) is 18.4. The van der Waals surface area contributed by atoms with E-state index in [1.807, 2.05) is 6.92 Å². The molecular formula is C16H28N2OS. The molecule has 0 aromatic heterocycles. The van der Waals surface area contributed by atoms with Crippen LogP contribution in [0, 0.1) is 11.8 Å². The molecule has 20 heavy (non-hydrogen) atoms. The van der Waals surface area contributed by atoms with E-state index in [1.54, 1.807) is 11.8 Å². The average molecular weight is 296 g/mol. The lowest BCUT2D eigenvalue weighted by Crippen LogP contribution is -2.36. The lowest BCUT2D eigenvalue weighted by molar-refractivity contribution is -0.118. The lowest BCUT2D eigenvalue weighted by Gasteiger charge is -2.34. The Morgan fingerprint density at radius 2 is 2.05 bits per heavy atom. The number of rotatable bonds is 6. The van der Waals surface area contributed by atoms with Gasteiger partial charge in [-0.05, 0) is 44.7 Å². The van der Waals surface area contributed by atoms with E-state index in [2.05, 4.69) is 36.7 Å². The van der Waals surface area contributed by atoms with E-state index in [0.29, 0.717) is 5.03 Å². The summed E-state index contributed by atoms with van der Waals surface area (Å²) in [6, 6.07) is 0. The van der Waals surface area contributed by atoms with Crippen molar-refractivity contribution in [2.75, 3.05) is 19.6 Å². The topological polar surface area (TPSA) is 32.3 Å². The van der Waals surface area contributed by atoms with Crippen LogP contribution in [0.3, 0.4) is 0 Å². The van der Waals surface area contributed by atoms with Crippen LogP contribution in [-0.4, -0.2) is 30.4 Å². The Morgan fingerprint density at radius 1 is 1.45 bits per heavy atom. The molecule has 1 saturated heterocycles. The average Bonchev–Trinajstić information content (AvgIpc) is 2.37. The summed E-state index contributed by atoms with van der Waals surface area (Å²) in [5.41, 5.74) is 0. The summed E-state index contributed by atoms with van der Waals surface area (Å²) in [7, 11) is 0. The van der Waals surface area contributed by atoms with Crippen LogP contribution in [0.1, 0.15) is 40.5 Å². The van der Waals surface area contributed by atoms with Gasteiger partial charge in [0.2, 0.25) is 5.91 Å². The van der Waals surface area contributed by atoms with Gasteiger partial charge in [-0.1, -0.05) is 38.3 Å². The number of carbonyl (C=O) groups excluding carboxylic acids is 1. The molecule has 0 bridgehead atoms. The number of allylic oxidation sites excluding steroid dienone is 1. The highest BCUT2D eigenvalue weighted by Gasteiger charge is 2.22. The molecule has 0 unspecified atom stereocenters. The predicted octanol–water partition coefficient (Wildman–Crippen LogP) is 3.60. The fourth-order valence-electron chi connectivity index (χ4n) is 2.56. The second-order valence-corrected chi connectivity index (χ2v) is 7.04. The first kappa shape index (κ1) is 17.3. The number of hydrogen-bond donors (Lipinski definition) is 1. The van der Waals surface area contributed by atoms with Crippen molar-refractivity contribution in [3.8, 4) is 0 Å². The molecule has 1 rings (SSSR count). The minimum absolute atomic E-state index is 0.0595. The van der Waals surface area contributed by atoms with Crippen molar-refractivity contribution in [1.82, 2.24) is 10.2 Å². The Kier molecular flexibility index (Phi) is 7.38. The molecule has 114 valence electrons. The van der Waals surface area contributed by atoms with Gasteiger partial charge in [-0.3, -0.25) is 9.69 Å².